The minimum Gasteiger partial charge on any atom is -0.494 e. The minimum atomic E-state index is -0.915. The monoisotopic (exact) mass is 283 g/mol. The van der Waals surface area contributed by atoms with Crippen LogP contribution in [0, 0.1) is 24.1 Å². The Morgan fingerprint density at radius 2 is 2.00 bits per heavy atom. The van der Waals surface area contributed by atoms with Gasteiger partial charge in [-0.15, -0.1) is 0 Å². The van der Waals surface area contributed by atoms with E-state index in [1.54, 1.807) is 12.1 Å². The molecule has 3 nitrogen and oxygen atoms in total. The molecule has 0 N–H and O–H groups in total. The fourth-order valence-electron chi connectivity index (χ4n) is 2.16. The van der Waals surface area contributed by atoms with Crippen LogP contribution in [0.1, 0.15) is 27.4 Å². The first-order valence-electron chi connectivity index (χ1n) is 6.41. The van der Waals surface area contributed by atoms with E-state index in [-0.39, 0.29) is 17.1 Å². The Balaban J connectivity index is 2.43. The van der Waals surface area contributed by atoms with Gasteiger partial charge in [0.15, 0.2) is 17.3 Å². The van der Waals surface area contributed by atoms with E-state index in [0.29, 0.717) is 5.56 Å². The van der Waals surface area contributed by atoms with Crippen molar-refractivity contribution in [1.29, 1.82) is 5.26 Å². The summed E-state index contributed by atoms with van der Waals surface area (Å²) in [5, 5.41) is 9.34. The Labute approximate surface area is 122 Å². The molecule has 21 heavy (non-hydrogen) atoms. The van der Waals surface area contributed by atoms with Crippen LogP contribution in [0.15, 0.2) is 42.5 Å². The van der Waals surface area contributed by atoms with Crippen LogP contribution in [-0.2, 0) is 0 Å². The molecule has 2 aromatic rings. The molecule has 0 fully saturated rings. The zero-order chi connectivity index (χ0) is 15.4. The summed E-state index contributed by atoms with van der Waals surface area (Å²) in [5.74, 6) is -1.84. The lowest BCUT2D eigenvalue weighted by Gasteiger charge is -2.12. The highest BCUT2D eigenvalue weighted by atomic mass is 19.1. The second-order valence-electron chi connectivity index (χ2n) is 4.63. The molecular weight excluding hydrogens is 269 g/mol. The highest BCUT2D eigenvalue weighted by molar-refractivity contribution is 6.03. The average molecular weight is 283 g/mol. The smallest absolute Gasteiger partial charge is 0.184 e. The third kappa shape index (κ3) is 2.92. The Bertz CT molecular complexity index is 719. The van der Waals surface area contributed by atoms with Gasteiger partial charge < -0.3 is 4.74 Å². The number of Topliss-reactive ketones (excluding diaryl/α,β-unsaturated/α-hetero) is 1. The fourth-order valence-corrected chi connectivity index (χ4v) is 2.16. The third-order valence-corrected chi connectivity index (χ3v) is 3.33. The number of carbonyl (C=O) groups is 1. The van der Waals surface area contributed by atoms with Gasteiger partial charge in [-0.05, 0) is 36.2 Å². The Morgan fingerprint density at radius 1 is 1.29 bits per heavy atom. The van der Waals surface area contributed by atoms with E-state index in [9.17, 15) is 14.4 Å². The van der Waals surface area contributed by atoms with E-state index < -0.39 is 11.7 Å². The van der Waals surface area contributed by atoms with Gasteiger partial charge in [0.25, 0.3) is 0 Å². The molecule has 106 valence electrons. The highest BCUT2D eigenvalue weighted by Crippen LogP contribution is 2.26. The summed E-state index contributed by atoms with van der Waals surface area (Å²) in [6.45, 7) is 1.85. The zero-order valence-electron chi connectivity index (χ0n) is 11.8. The number of ketones is 1. The summed E-state index contributed by atoms with van der Waals surface area (Å²) in [7, 11) is 1.33. The standard InChI is InChI=1S/C17H14FNO2/c1-11-5-3-4-6-13(11)14(10-19)17(20)12-7-8-15(18)16(9-12)21-2/h3-9,14H,1-2H3. The number of nitrogens with zero attached hydrogens (tertiary/aromatic N) is 1. The lowest BCUT2D eigenvalue weighted by Crippen LogP contribution is -2.12. The number of hydrogen-bond donors (Lipinski definition) is 0. The van der Waals surface area contributed by atoms with E-state index in [4.69, 9.17) is 4.74 Å². The number of hydrogen-bond acceptors (Lipinski definition) is 3. The number of halogens is 1. The second-order valence-corrected chi connectivity index (χ2v) is 4.63. The summed E-state index contributed by atoms with van der Waals surface area (Å²) < 4.78 is 18.3. The van der Waals surface area contributed by atoms with Crippen molar-refractivity contribution in [3.8, 4) is 11.8 Å². The fraction of sp³-hybridized carbons (Fsp3) is 0.176. The number of carbonyl (C=O) groups excluding carboxylic acids is 1. The molecule has 0 spiro atoms. The quantitative estimate of drug-likeness (QED) is 0.805. The van der Waals surface area contributed by atoms with Gasteiger partial charge in [0.2, 0.25) is 0 Å². The van der Waals surface area contributed by atoms with Gasteiger partial charge in [-0.25, -0.2) is 4.39 Å². The lowest BCUT2D eigenvalue weighted by atomic mass is 9.89. The zero-order valence-corrected chi connectivity index (χ0v) is 11.8. The van der Waals surface area contributed by atoms with Crippen molar-refractivity contribution in [2.45, 2.75) is 12.8 Å². The second kappa shape index (κ2) is 6.19. The molecular formula is C17H14FNO2. The Kier molecular flexibility index (Phi) is 4.34. The van der Waals surface area contributed by atoms with Crippen LogP contribution in [0.25, 0.3) is 0 Å². The first kappa shape index (κ1) is 14.7. The van der Waals surface area contributed by atoms with E-state index in [1.165, 1.54) is 25.3 Å². The van der Waals surface area contributed by atoms with Crippen LogP contribution in [0.4, 0.5) is 4.39 Å². The number of benzene rings is 2. The van der Waals surface area contributed by atoms with E-state index in [1.807, 2.05) is 25.1 Å². The van der Waals surface area contributed by atoms with Crippen molar-refractivity contribution < 1.29 is 13.9 Å². The van der Waals surface area contributed by atoms with E-state index in [0.717, 1.165) is 5.56 Å². The maximum atomic E-state index is 13.4. The van der Waals surface area contributed by atoms with Crippen molar-refractivity contribution in [3.63, 3.8) is 0 Å². The maximum absolute atomic E-state index is 13.4. The van der Waals surface area contributed by atoms with Gasteiger partial charge in [-0.2, -0.15) is 5.26 Å². The SMILES string of the molecule is COc1cc(C(=O)C(C#N)c2ccccc2C)ccc1F. The molecule has 0 saturated heterocycles. The number of rotatable bonds is 4. The number of ether oxygens (including phenoxy) is 1. The summed E-state index contributed by atoms with van der Waals surface area (Å²) in [6, 6.07) is 13.1. The van der Waals surface area contributed by atoms with Gasteiger partial charge in [-0.1, -0.05) is 24.3 Å². The lowest BCUT2D eigenvalue weighted by molar-refractivity contribution is 0.0978. The van der Waals surface area contributed by atoms with Crippen molar-refractivity contribution in [2.24, 2.45) is 0 Å². The first-order valence-corrected chi connectivity index (χ1v) is 6.41. The third-order valence-electron chi connectivity index (χ3n) is 3.33. The molecule has 0 aliphatic heterocycles. The van der Waals surface area contributed by atoms with Gasteiger partial charge in [0.05, 0.1) is 13.2 Å². The molecule has 0 aliphatic carbocycles. The molecule has 1 atom stereocenters. The largest absolute Gasteiger partial charge is 0.494 e. The summed E-state index contributed by atoms with van der Waals surface area (Å²) >= 11 is 0. The summed E-state index contributed by atoms with van der Waals surface area (Å²) in [5.41, 5.74) is 1.78. The maximum Gasteiger partial charge on any atom is 0.184 e. The van der Waals surface area contributed by atoms with Crippen molar-refractivity contribution in [1.82, 2.24) is 0 Å². The summed E-state index contributed by atoms with van der Waals surface area (Å²) in [6.07, 6.45) is 0. The van der Waals surface area contributed by atoms with Gasteiger partial charge >= 0.3 is 0 Å². The average Bonchev–Trinajstić information content (AvgIpc) is 2.50. The van der Waals surface area contributed by atoms with Gasteiger partial charge in [0, 0.05) is 5.56 Å². The highest BCUT2D eigenvalue weighted by Gasteiger charge is 2.24. The minimum absolute atomic E-state index is 0.0117. The van der Waals surface area contributed by atoms with Crippen molar-refractivity contribution in [3.05, 3.63) is 65.0 Å². The van der Waals surface area contributed by atoms with Crippen LogP contribution in [0.3, 0.4) is 0 Å². The van der Waals surface area contributed by atoms with E-state index >= 15 is 0 Å². The molecule has 2 aromatic carbocycles. The van der Waals surface area contributed by atoms with Crippen LogP contribution in [0.5, 0.6) is 5.75 Å². The number of methoxy groups -OCH3 is 1. The van der Waals surface area contributed by atoms with Crippen LogP contribution in [-0.4, -0.2) is 12.9 Å². The molecule has 0 radical (unpaired) electrons. The summed E-state index contributed by atoms with van der Waals surface area (Å²) in [4.78, 5) is 12.5. The normalized spacial score (nSPS) is 11.5. The van der Waals surface area contributed by atoms with Crippen LogP contribution in [0.2, 0.25) is 0 Å². The molecule has 0 heterocycles. The molecule has 4 heteroatoms. The number of aryl methyl sites for hydroxylation is 1. The van der Waals surface area contributed by atoms with Crippen molar-refractivity contribution in [2.75, 3.05) is 7.11 Å². The van der Waals surface area contributed by atoms with Crippen molar-refractivity contribution >= 4 is 5.78 Å². The van der Waals surface area contributed by atoms with E-state index in [2.05, 4.69) is 0 Å². The van der Waals surface area contributed by atoms with Gasteiger partial charge in [0.1, 0.15) is 5.92 Å². The van der Waals surface area contributed by atoms with Crippen LogP contribution >= 0.6 is 0 Å². The molecule has 0 aliphatic rings. The number of nitriles is 1. The molecule has 0 saturated carbocycles. The van der Waals surface area contributed by atoms with Crippen LogP contribution < -0.4 is 4.74 Å². The molecule has 2 rings (SSSR count). The molecule has 0 amide bonds. The Hall–Kier alpha value is -2.67. The predicted octanol–water partition coefficient (Wildman–Crippen LogP) is 3.63. The molecule has 0 aromatic heterocycles. The Morgan fingerprint density at radius 3 is 2.62 bits per heavy atom. The molecule has 0 bridgehead atoms. The first-order chi connectivity index (χ1) is 10.1. The topological polar surface area (TPSA) is 50.1 Å². The predicted molar refractivity (Wildman–Crippen MR) is 76.8 cm³/mol. The van der Waals surface area contributed by atoms with Gasteiger partial charge in [-0.3, -0.25) is 4.79 Å². The molecule has 1 unspecified atom stereocenters.